The first-order valence-electron chi connectivity index (χ1n) is 7.44. The first kappa shape index (κ1) is 14.1. The SMILES string of the molecule is CCCCNCC(C)n1c(CC)nc2ccccc21. The van der Waals surface area contributed by atoms with E-state index in [4.69, 9.17) is 4.98 Å². The molecule has 2 aromatic rings. The molecular weight excluding hydrogens is 234 g/mol. The number of fused-ring (bicyclic) bond motifs is 1. The highest BCUT2D eigenvalue weighted by Gasteiger charge is 2.13. The van der Waals surface area contributed by atoms with Crippen LogP contribution < -0.4 is 5.32 Å². The van der Waals surface area contributed by atoms with Crippen LogP contribution >= 0.6 is 0 Å². The van der Waals surface area contributed by atoms with E-state index >= 15 is 0 Å². The minimum absolute atomic E-state index is 0.444. The molecule has 1 aromatic carbocycles. The van der Waals surface area contributed by atoms with Gasteiger partial charge in [-0.15, -0.1) is 0 Å². The molecule has 1 unspecified atom stereocenters. The van der Waals surface area contributed by atoms with Gasteiger partial charge in [0.15, 0.2) is 0 Å². The molecule has 0 saturated heterocycles. The third-order valence-corrected chi connectivity index (χ3v) is 3.57. The van der Waals surface area contributed by atoms with Gasteiger partial charge in [0.05, 0.1) is 11.0 Å². The first-order chi connectivity index (χ1) is 9.27. The largest absolute Gasteiger partial charge is 0.324 e. The van der Waals surface area contributed by atoms with Crippen LogP contribution in [0.1, 0.15) is 45.5 Å². The summed E-state index contributed by atoms with van der Waals surface area (Å²) in [5.74, 6) is 1.19. The second kappa shape index (κ2) is 6.71. The van der Waals surface area contributed by atoms with E-state index in [0.29, 0.717) is 6.04 Å². The zero-order valence-corrected chi connectivity index (χ0v) is 12.3. The maximum absolute atomic E-state index is 4.73. The third kappa shape index (κ3) is 3.16. The van der Waals surface area contributed by atoms with Crippen LogP contribution in [0.5, 0.6) is 0 Å². The number of hydrogen-bond donors (Lipinski definition) is 1. The van der Waals surface area contributed by atoms with Gasteiger partial charge in [0.25, 0.3) is 0 Å². The van der Waals surface area contributed by atoms with E-state index in [0.717, 1.165) is 25.0 Å². The van der Waals surface area contributed by atoms with Gasteiger partial charge < -0.3 is 9.88 Å². The fourth-order valence-electron chi connectivity index (χ4n) is 2.54. The van der Waals surface area contributed by atoms with Crippen molar-refractivity contribution in [2.24, 2.45) is 0 Å². The van der Waals surface area contributed by atoms with Crippen molar-refractivity contribution in [1.82, 2.24) is 14.9 Å². The highest BCUT2D eigenvalue weighted by molar-refractivity contribution is 5.76. The van der Waals surface area contributed by atoms with Crippen LogP contribution in [-0.4, -0.2) is 22.6 Å². The standard InChI is InChI=1S/C16H25N3/c1-4-6-11-17-12-13(3)19-15-10-8-7-9-14(15)18-16(19)5-2/h7-10,13,17H,4-6,11-12H2,1-3H3. The van der Waals surface area contributed by atoms with E-state index < -0.39 is 0 Å². The number of imidazole rings is 1. The number of nitrogens with zero attached hydrogens (tertiary/aromatic N) is 2. The molecule has 1 heterocycles. The van der Waals surface area contributed by atoms with Gasteiger partial charge >= 0.3 is 0 Å². The second-order valence-corrected chi connectivity index (χ2v) is 5.15. The number of hydrogen-bond acceptors (Lipinski definition) is 2. The highest BCUT2D eigenvalue weighted by atomic mass is 15.1. The Balaban J connectivity index is 2.17. The van der Waals surface area contributed by atoms with Crippen LogP contribution in [0.15, 0.2) is 24.3 Å². The molecule has 19 heavy (non-hydrogen) atoms. The monoisotopic (exact) mass is 259 g/mol. The molecule has 0 aliphatic carbocycles. The normalized spacial score (nSPS) is 13.0. The third-order valence-electron chi connectivity index (χ3n) is 3.57. The van der Waals surface area contributed by atoms with Crippen molar-refractivity contribution in [2.75, 3.05) is 13.1 Å². The van der Waals surface area contributed by atoms with Crippen molar-refractivity contribution in [2.45, 2.75) is 46.1 Å². The maximum atomic E-state index is 4.73. The summed E-state index contributed by atoms with van der Waals surface area (Å²) in [6, 6.07) is 8.87. The quantitative estimate of drug-likeness (QED) is 0.771. The summed E-state index contributed by atoms with van der Waals surface area (Å²) < 4.78 is 2.38. The lowest BCUT2D eigenvalue weighted by atomic mass is 10.2. The Labute approximate surface area is 116 Å². The van der Waals surface area contributed by atoms with Gasteiger partial charge in [-0.2, -0.15) is 0 Å². The molecule has 0 amide bonds. The summed E-state index contributed by atoms with van der Waals surface area (Å²) in [6.07, 6.45) is 3.47. The molecule has 1 atom stereocenters. The summed E-state index contributed by atoms with van der Waals surface area (Å²) in [6.45, 7) is 8.78. The maximum Gasteiger partial charge on any atom is 0.109 e. The van der Waals surface area contributed by atoms with Gasteiger partial charge in [-0.3, -0.25) is 0 Å². The van der Waals surface area contributed by atoms with Gasteiger partial charge in [-0.25, -0.2) is 4.98 Å². The zero-order valence-electron chi connectivity index (χ0n) is 12.3. The number of rotatable bonds is 7. The highest BCUT2D eigenvalue weighted by Crippen LogP contribution is 2.21. The fourth-order valence-corrected chi connectivity index (χ4v) is 2.54. The lowest BCUT2D eigenvalue weighted by Gasteiger charge is -2.18. The number of unbranched alkanes of at least 4 members (excludes halogenated alkanes) is 1. The summed E-state index contributed by atoms with van der Waals surface area (Å²) >= 11 is 0. The summed E-state index contributed by atoms with van der Waals surface area (Å²) in [7, 11) is 0. The van der Waals surface area contributed by atoms with Crippen LogP contribution in [0.2, 0.25) is 0 Å². The Morgan fingerprint density at radius 3 is 2.79 bits per heavy atom. The van der Waals surface area contributed by atoms with E-state index in [9.17, 15) is 0 Å². The van der Waals surface area contributed by atoms with Crippen molar-refractivity contribution >= 4 is 11.0 Å². The Morgan fingerprint density at radius 2 is 2.05 bits per heavy atom. The van der Waals surface area contributed by atoms with E-state index in [1.165, 1.54) is 24.2 Å². The van der Waals surface area contributed by atoms with E-state index in [1.54, 1.807) is 0 Å². The molecule has 2 rings (SSSR count). The smallest absolute Gasteiger partial charge is 0.109 e. The Hall–Kier alpha value is -1.35. The molecule has 1 N–H and O–H groups in total. The second-order valence-electron chi connectivity index (χ2n) is 5.15. The molecule has 104 valence electrons. The number of benzene rings is 1. The molecule has 0 radical (unpaired) electrons. The van der Waals surface area contributed by atoms with Crippen molar-refractivity contribution in [3.05, 3.63) is 30.1 Å². The summed E-state index contributed by atoms with van der Waals surface area (Å²) in [4.78, 5) is 4.73. The van der Waals surface area contributed by atoms with Gasteiger partial charge in [-0.1, -0.05) is 32.4 Å². The van der Waals surface area contributed by atoms with Crippen LogP contribution in [0.4, 0.5) is 0 Å². The topological polar surface area (TPSA) is 29.9 Å². The number of nitrogens with one attached hydrogen (secondary N) is 1. The van der Waals surface area contributed by atoms with Gasteiger partial charge in [0.1, 0.15) is 5.82 Å². The molecule has 3 heteroatoms. The van der Waals surface area contributed by atoms with Crippen molar-refractivity contribution in [3.63, 3.8) is 0 Å². The molecule has 0 aliphatic rings. The molecule has 0 saturated carbocycles. The average molecular weight is 259 g/mol. The van der Waals surface area contributed by atoms with Crippen LogP contribution in [-0.2, 0) is 6.42 Å². The van der Waals surface area contributed by atoms with Crippen LogP contribution in [0, 0.1) is 0 Å². The molecule has 1 aromatic heterocycles. The zero-order chi connectivity index (χ0) is 13.7. The summed E-state index contributed by atoms with van der Waals surface area (Å²) in [5, 5.41) is 3.54. The van der Waals surface area contributed by atoms with Crippen molar-refractivity contribution < 1.29 is 0 Å². The van der Waals surface area contributed by atoms with Gasteiger partial charge in [0, 0.05) is 19.0 Å². The van der Waals surface area contributed by atoms with E-state index in [-0.39, 0.29) is 0 Å². The minimum Gasteiger partial charge on any atom is -0.324 e. The Morgan fingerprint density at radius 1 is 1.26 bits per heavy atom. The van der Waals surface area contributed by atoms with Crippen LogP contribution in [0.3, 0.4) is 0 Å². The molecule has 0 aliphatic heterocycles. The fraction of sp³-hybridized carbons (Fsp3) is 0.562. The van der Waals surface area contributed by atoms with Gasteiger partial charge in [0.2, 0.25) is 0 Å². The molecule has 0 fully saturated rings. The Bertz CT molecular complexity index is 516. The van der Waals surface area contributed by atoms with E-state index in [1.807, 2.05) is 0 Å². The van der Waals surface area contributed by atoms with Crippen molar-refractivity contribution in [3.8, 4) is 0 Å². The lowest BCUT2D eigenvalue weighted by molar-refractivity contribution is 0.485. The minimum atomic E-state index is 0.444. The average Bonchev–Trinajstić information content (AvgIpc) is 2.82. The lowest BCUT2D eigenvalue weighted by Crippen LogP contribution is -2.25. The first-order valence-corrected chi connectivity index (χ1v) is 7.44. The molecular formula is C16H25N3. The van der Waals surface area contributed by atoms with Crippen LogP contribution in [0.25, 0.3) is 11.0 Å². The van der Waals surface area contributed by atoms with E-state index in [2.05, 4.69) is 54.9 Å². The molecule has 0 bridgehead atoms. The number of para-hydroxylation sites is 2. The van der Waals surface area contributed by atoms with Gasteiger partial charge in [-0.05, 0) is 32.0 Å². The number of aromatic nitrogens is 2. The van der Waals surface area contributed by atoms with Crippen molar-refractivity contribution in [1.29, 1.82) is 0 Å². The predicted octanol–water partition coefficient (Wildman–Crippen LogP) is 3.55. The predicted molar refractivity (Wildman–Crippen MR) is 81.6 cm³/mol. The summed E-state index contributed by atoms with van der Waals surface area (Å²) in [5.41, 5.74) is 2.36. The molecule has 3 nitrogen and oxygen atoms in total. The Kier molecular flexibility index (Phi) is 4.97. The number of aryl methyl sites for hydroxylation is 1. The molecule has 0 spiro atoms.